The van der Waals surface area contributed by atoms with E-state index in [1.54, 1.807) is 6.92 Å². The quantitative estimate of drug-likeness (QED) is 0.467. The van der Waals surface area contributed by atoms with Gasteiger partial charge in [-0.1, -0.05) is 13.3 Å². The molecule has 5 heteroatoms. The molecule has 0 saturated heterocycles. The lowest BCUT2D eigenvalue weighted by atomic mass is 10.2. The van der Waals surface area contributed by atoms with Crippen molar-refractivity contribution in [2.45, 2.75) is 25.9 Å². The molecule has 0 saturated carbocycles. The molecule has 0 spiro atoms. The van der Waals surface area contributed by atoms with Crippen molar-refractivity contribution in [3.8, 4) is 0 Å². The van der Waals surface area contributed by atoms with Crippen molar-refractivity contribution in [1.29, 1.82) is 0 Å². The molecule has 0 heterocycles. The molecule has 10 heavy (non-hydrogen) atoms. The molecule has 0 aliphatic heterocycles. The first kappa shape index (κ1) is 9.35. The van der Waals surface area contributed by atoms with Crippen molar-refractivity contribution in [3.63, 3.8) is 0 Å². The third kappa shape index (κ3) is 2.77. The van der Waals surface area contributed by atoms with Gasteiger partial charge in [-0.25, -0.2) is 9.68 Å². The van der Waals surface area contributed by atoms with Gasteiger partial charge in [0, 0.05) is 5.26 Å². The van der Waals surface area contributed by atoms with Gasteiger partial charge in [0.2, 0.25) is 0 Å². The number of hydrogen-bond acceptors (Lipinski definition) is 4. The molecule has 0 aromatic heterocycles. The maximum absolute atomic E-state index is 10.3. The molecule has 0 rings (SSSR count). The van der Waals surface area contributed by atoms with Gasteiger partial charge >= 0.3 is 5.97 Å². The lowest BCUT2D eigenvalue weighted by Gasteiger charge is -2.05. The van der Waals surface area contributed by atoms with Crippen LogP contribution in [0.5, 0.6) is 0 Å². The van der Waals surface area contributed by atoms with E-state index in [0.717, 1.165) is 0 Å². The highest BCUT2D eigenvalue weighted by Crippen LogP contribution is 2.01. The summed E-state index contributed by atoms with van der Waals surface area (Å²) >= 11 is 0. The summed E-state index contributed by atoms with van der Waals surface area (Å²) in [5.41, 5.74) is 0. The highest BCUT2D eigenvalue weighted by molar-refractivity contribution is 5.73. The number of hydrogen-bond donors (Lipinski definition) is 1. The first-order valence-electron chi connectivity index (χ1n) is 2.90. The van der Waals surface area contributed by atoms with E-state index >= 15 is 0 Å². The van der Waals surface area contributed by atoms with Crippen molar-refractivity contribution >= 4 is 5.97 Å². The van der Waals surface area contributed by atoms with E-state index in [1.807, 2.05) is 0 Å². The molecule has 0 aliphatic rings. The zero-order valence-corrected chi connectivity index (χ0v) is 5.57. The lowest BCUT2D eigenvalue weighted by Crippen LogP contribution is -2.23. The SMILES string of the molecule is CCCC(OO)C(=O)O[O]. The van der Waals surface area contributed by atoms with Gasteiger partial charge in [-0.15, -0.1) is 0 Å². The number of carbonyl (C=O) groups excluding carboxylic acids is 1. The Morgan fingerprint density at radius 2 is 2.30 bits per heavy atom. The van der Waals surface area contributed by atoms with Crippen molar-refractivity contribution in [3.05, 3.63) is 0 Å². The topological polar surface area (TPSA) is 75.7 Å². The molecule has 0 aliphatic carbocycles. The summed E-state index contributed by atoms with van der Waals surface area (Å²) in [5.74, 6) is -1.09. The molecule has 1 atom stereocenters. The maximum Gasteiger partial charge on any atom is 0.377 e. The van der Waals surface area contributed by atoms with Gasteiger partial charge in [-0.05, 0) is 6.42 Å². The molecular formula is C5H9O5. The zero-order valence-electron chi connectivity index (χ0n) is 5.57. The summed E-state index contributed by atoms with van der Waals surface area (Å²) in [6.45, 7) is 1.78. The second kappa shape index (κ2) is 5.16. The molecule has 1 unspecified atom stereocenters. The predicted molar refractivity (Wildman–Crippen MR) is 29.2 cm³/mol. The molecule has 0 aromatic carbocycles. The Morgan fingerprint density at radius 1 is 1.70 bits per heavy atom. The van der Waals surface area contributed by atoms with Crippen molar-refractivity contribution in [1.82, 2.24) is 0 Å². The summed E-state index contributed by atoms with van der Waals surface area (Å²) in [5, 5.41) is 17.5. The number of rotatable bonds is 4. The largest absolute Gasteiger partial charge is 0.377 e. The van der Waals surface area contributed by atoms with Crippen LogP contribution < -0.4 is 0 Å². The predicted octanol–water partition coefficient (Wildman–Crippen LogP) is 0.533. The normalized spacial score (nSPS) is 12.7. The summed E-state index contributed by atoms with van der Waals surface area (Å²) in [4.78, 5) is 17.1. The van der Waals surface area contributed by atoms with Gasteiger partial charge in [0.05, 0.1) is 0 Å². The maximum atomic E-state index is 10.3. The van der Waals surface area contributed by atoms with E-state index in [9.17, 15) is 10.1 Å². The minimum Gasteiger partial charge on any atom is -0.263 e. The van der Waals surface area contributed by atoms with Crippen LogP contribution >= 0.6 is 0 Å². The van der Waals surface area contributed by atoms with E-state index in [1.165, 1.54) is 0 Å². The van der Waals surface area contributed by atoms with Gasteiger partial charge in [-0.2, -0.15) is 0 Å². The second-order valence-corrected chi connectivity index (χ2v) is 1.79. The van der Waals surface area contributed by atoms with Crippen molar-refractivity contribution < 1.29 is 25.1 Å². The number of carbonyl (C=O) groups is 1. The molecule has 1 N–H and O–H groups in total. The third-order valence-corrected chi connectivity index (χ3v) is 1.02. The summed E-state index contributed by atoms with van der Waals surface area (Å²) in [6.07, 6.45) is -0.236. The van der Waals surface area contributed by atoms with Crippen molar-refractivity contribution in [2.75, 3.05) is 0 Å². The lowest BCUT2D eigenvalue weighted by molar-refractivity contribution is -0.319. The van der Waals surface area contributed by atoms with Gasteiger partial charge in [0.25, 0.3) is 0 Å². The average Bonchev–Trinajstić information content (AvgIpc) is 1.99. The van der Waals surface area contributed by atoms with Crippen LogP contribution in [0.1, 0.15) is 19.8 Å². The van der Waals surface area contributed by atoms with Crippen molar-refractivity contribution in [2.24, 2.45) is 0 Å². The highest BCUT2D eigenvalue weighted by atomic mass is 17.1. The summed E-state index contributed by atoms with van der Waals surface area (Å²) in [7, 11) is 0. The zero-order chi connectivity index (χ0) is 7.98. The smallest absolute Gasteiger partial charge is 0.263 e. The molecule has 0 fully saturated rings. The second-order valence-electron chi connectivity index (χ2n) is 1.79. The van der Waals surface area contributed by atoms with Crippen LogP contribution in [-0.4, -0.2) is 17.3 Å². The van der Waals surface area contributed by atoms with Crippen LogP contribution in [0, 0.1) is 0 Å². The average molecular weight is 149 g/mol. The Balaban J connectivity index is 3.68. The molecule has 0 amide bonds. The van der Waals surface area contributed by atoms with Gasteiger partial charge < -0.3 is 0 Å². The van der Waals surface area contributed by atoms with Crippen LogP contribution in [-0.2, 0) is 19.8 Å². The molecule has 59 valence electrons. The van der Waals surface area contributed by atoms with Crippen LogP contribution in [0.25, 0.3) is 0 Å². The van der Waals surface area contributed by atoms with E-state index < -0.39 is 12.1 Å². The molecule has 1 radical (unpaired) electrons. The standard InChI is InChI=1S/C5H9O5/c1-2-3-4(9-7)5(6)10-8/h4,7H,2-3H2,1H3. The van der Waals surface area contributed by atoms with E-state index in [4.69, 9.17) is 5.26 Å². The molecule has 0 aromatic rings. The highest BCUT2D eigenvalue weighted by Gasteiger charge is 2.20. The van der Waals surface area contributed by atoms with Crippen LogP contribution in [0.2, 0.25) is 0 Å². The molecule has 5 nitrogen and oxygen atoms in total. The Kier molecular flexibility index (Phi) is 4.82. The summed E-state index contributed by atoms with van der Waals surface area (Å²) < 4.78 is 0. The monoisotopic (exact) mass is 149 g/mol. The van der Waals surface area contributed by atoms with Crippen LogP contribution in [0.3, 0.4) is 0 Å². The van der Waals surface area contributed by atoms with Gasteiger partial charge in [-0.3, -0.25) is 10.1 Å². The Bertz CT molecular complexity index is 102. The Morgan fingerprint density at radius 3 is 2.60 bits per heavy atom. The van der Waals surface area contributed by atoms with E-state index in [0.29, 0.717) is 6.42 Å². The minimum atomic E-state index is -1.14. The van der Waals surface area contributed by atoms with Crippen LogP contribution in [0.4, 0.5) is 0 Å². The fraction of sp³-hybridized carbons (Fsp3) is 0.800. The molecule has 0 bridgehead atoms. The first-order chi connectivity index (χ1) is 4.76. The fourth-order valence-corrected chi connectivity index (χ4v) is 0.529. The van der Waals surface area contributed by atoms with Gasteiger partial charge in [0.15, 0.2) is 6.10 Å². The first-order valence-corrected chi connectivity index (χ1v) is 2.90. The van der Waals surface area contributed by atoms with Gasteiger partial charge in [0.1, 0.15) is 0 Å². The van der Waals surface area contributed by atoms with E-state index in [2.05, 4.69) is 9.78 Å². The third-order valence-electron chi connectivity index (χ3n) is 1.02. The Labute approximate surface area is 58.0 Å². The minimum absolute atomic E-state index is 0.275. The Hall–Kier alpha value is -0.650. The molecular weight excluding hydrogens is 140 g/mol. The fourth-order valence-electron chi connectivity index (χ4n) is 0.529. The van der Waals surface area contributed by atoms with Crippen LogP contribution in [0.15, 0.2) is 0 Å². The van der Waals surface area contributed by atoms with E-state index in [-0.39, 0.29) is 6.42 Å². The summed E-state index contributed by atoms with van der Waals surface area (Å²) in [6, 6.07) is 0.